The van der Waals surface area contributed by atoms with Crippen LogP contribution in [0, 0.1) is 0 Å². The van der Waals surface area contributed by atoms with E-state index in [9.17, 15) is 0 Å². The van der Waals surface area contributed by atoms with E-state index in [-0.39, 0.29) is 0 Å². The second-order valence-electron chi connectivity index (χ2n) is 5.66. The first kappa shape index (κ1) is 18.8. The van der Waals surface area contributed by atoms with Crippen LogP contribution >= 0.6 is 11.6 Å². The van der Waals surface area contributed by atoms with E-state index in [0.717, 1.165) is 22.9 Å². The van der Waals surface area contributed by atoms with Crippen molar-refractivity contribution in [2.24, 2.45) is 0 Å². The van der Waals surface area contributed by atoms with Crippen LogP contribution in [-0.4, -0.2) is 30.2 Å². The first-order valence-corrected chi connectivity index (χ1v) is 8.95. The number of aromatic nitrogens is 2. The Morgan fingerprint density at radius 3 is 2.15 bits per heavy atom. The first-order valence-electron chi connectivity index (χ1n) is 8.58. The van der Waals surface area contributed by atoms with Crippen molar-refractivity contribution in [2.75, 3.05) is 30.9 Å². The monoisotopic (exact) mass is 384 g/mol. The maximum atomic E-state index is 5.84. The molecule has 0 saturated heterocycles. The largest absolute Gasteiger partial charge is 0.490 e. The predicted molar refractivity (Wildman–Crippen MR) is 108 cm³/mol. The number of hydrogen-bond donors (Lipinski definition) is 2. The Hall–Kier alpha value is -2.99. The normalized spacial score (nSPS) is 10.3. The molecule has 27 heavy (non-hydrogen) atoms. The number of rotatable bonds is 9. The van der Waals surface area contributed by atoms with E-state index in [2.05, 4.69) is 20.6 Å². The van der Waals surface area contributed by atoms with E-state index in [1.165, 1.54) is 0 Å². The summed E-state index contributed by atoms with van der Waals surface area (Å²) in [5.41, 5.74) is 1.13. The van der Waals surface area contributed by atoms with Gasteiger partial charge < -0.3 is 20.1 Å². The molecule has 0 atom stereocenters. The van der Waals surface area contributed by atoms with E-state index in [4.69, 9.17) is 21.1 Å². The summed E-state index contributed by atoms with van der Waals surface area (Å²) < 4.78 is 11.3. The molecule has 0 spiro atoms. The summed E-state index contributed by atoms with van der Waals surface area (Å²) >= 11 is 5.84. The second kappa shape index (κ2) is 9.64. The SMILES string of the molecule is CNc1nccc(NCc2ccc(OCCOc3ccc(Cl)cc3)cc2)n1. The van der Waals surface area contributed by atoms with Crippen LogP contribution in [0.15, 0.2) is 60.8 Å². The van der Waals surface area contributed by atoms with Crippen LogP contribution in [0.4, 0.5) is 11.8 Å². The van der Waals surface area contributed by atoms with Crippen molar-refractivity contribution in [3.8, 4) is 11.5 Å². The van der Waals surface area contributed by atoms with Crippen molar-refractivity contribution in [3.05, 3.63) is 71.4 Å². The van der Waals surface area contributed by atoms with Crippen LogP contribution in [0.2, 0.25) is 5.02 Å². The molecular formula is C20H21ClN4O2. The molecule has 0 radical (unpaired) electrons. The lowest BCUT2D eigenvalue weighted by Gasteiger charge is -2.10. The van der Waals surface area contributed by atoms with Gasteiger partial charge in [0, 0.05) is 24.8 Å². The lowest BCUT2D eigenvalue weighted by Crippen LogP contribution is -2.09. The summed E-state index contributed by atoms with van der Waals surface area (Å²) in [6.45, 7) is 1.60. The third kappa shape index (κ3) is 6.04. The van der Waals surface area contributed by atoms with E-state index in [1.807, 2.05) is 42.5 Å². The molecule has 1 heterocycles. The van der Waals surface area contributed by atoms with Crippen molar-refractivity contribution in [1.82, 2.24) is 9.97 Å². The topological polar surface area (TPSA) is 68.3 Å². The number of nitrogens with one attached hydrogen (secondary N) is 2. The minimum absolute atomic E-state index is 0.465. The van der Waals surface area contributed by atoms with E-state index in [0.29, 0.717) is 30.7 Å². The lowest BCUT2D eigenvalue weighted by molar-refractivity contribution is 0.217. The molecule has 140 valence electrons. The van der Waals surface area contributed by atoms with Gasteiger partial charge in [-0.15, -0.1) is 0 Å². The molecule has 1 aromatic heterocycles. The van der Waals surface area contributed by atoms with Gasteiger partial charge in [0.2, 0.25) is 5.95 Å². The summed E-state index contributed by atoms with van der Waals surface area (Å²) in [4.78, 5) is 8.41. The number of nitrogens with zero attached hydrogens (tertiary/aromatic N) is 2. The minimum Gasteiger partial charge on any atom is -0.490 e. The zero-order valence-electron chi connectivity index (χ0n) is 15.0. The Bertz CT molecular complexity index is 841. The summed E-state index contributed by atoms with van der Waals surface area (Å²) in [5.74, 6) is 2.94. The van der Waals surface area contributed by atoms with Crippen LogP contribution in [0.3, 0.4) is 0 Å². The Kier molecular flexibility index (Phi) is 6.71. The molecule has 0 saturated carbocycles. The van der Waals surface area contributed by atoms with E-state index in [1.54, 1.807) is 25.4 Å². The molecule has 7 heteroatoms. The Morgan fingerprint density at radius 1 is 0.889 bits per heavy atom. The fourth-order valence-electron chi connectivity index (χ4n) is 2.32. The molecule has 2 aromatic carbocycles. The smallest absolute Gasteiger partial charge is 0.224 e. The van der Waals surface area contributed by atoms with Crippen LogP contribution in [0.25, 0.3) is 0 Å². The minimum atomic E-state index is 0.465. The van der Waals surface area contributed by atoms with Crippen LogP contribution < -0.4 is 20.1 Å². The molecule has 6 nitrogen and oxygen atoms in total. The Morgan fingerprint density at radius 2 is 1.52 bits per heavy atom. The van der Waals surface area contributed by atoms with Crippen molar-refractivity contribution in [1.29, 1.82) is 0 Å². The van der Waals surface area contributed by atoms with E-state index < -0.39 is 0 Å². The number of hydrogen-bond acceptors (Lipinski definition) is 6. The molecule has 0 aliphatic rings. The summed E-state index contributed by atoms with van der Waals surface area (Å²) in [7, 11) is 1.79. The van der Waals surface area contributed by atoms with Gasteiger partial charge in [-0.2, -0.15) is 4.98 Å². The van der Waals surface area contributed by atoms with Crippen molar-refractivity contribution in [3.63, 3.8) is 0 Å². The zero-order chi connectivity index (χ0) is 18.9. The number of benzene rings is 2. The first-order chi connectivity index (χ1) is 13.2. The second-order valence-corrected chi connectivity index (χ2v) is 6.10. The van der Waals surface area contributed by atoms with E-state index >= 15 is 0 Å². The molecule has 0 unspecified atom stereocenters. The Labute approximate surface area is 163 Å². The van der Waals surface area contributed by atoms with Gasteiger partial charge in [-0.05, 0) is 48.0 Å². The average Bonchev–Trinajstić information content (AvgIpc) is 2.72. The van der Waals surface area contributed by atoms with Crippen LogP contribution in [0.5, 0.6) is 11.5 Å². The van der Waals surface area contributed by atoms with Crippen molar-refractivity contribution < 1.29 is 9.47 Å². The maximum Gasteiger partial charge on any atom is 0.224 e. The highest BCUT2D eigenvalue weighted by Crippen LogP contribution is 2.16. The van der Waals surface area contributed by atoms with Gasteiger partial charge in [-0.25, -0.2) is 4.98 Å². The summed E-state index contributed by atoms with van der Waals surface area (Å²) in [6, 6.07) is 17.0. The highest BCUT2D eigenvalue weighted by atomic mass is 35.5. The number of anilines is 2. The summed E-state index contributed by atoms with van der Waals surface area (Å²) in [6.07, 6.45) is 1.71. The number of halogens is 1. The molecule has 0 aliphatic carbocycles. The highest BCUT2D eigenvalue weighted by Gasteiger charge is 2.00. The maximum absolute atomic E-state index is 5.84. The molecule has 0 bridgehead atoms. The molecule has 3 aromatic rings. The highest BCUT2D eigenvalue weighted by molar-refractivity contribution is 6.30. The standard InChI is InChI=1S/C20H21ClN4O2/c1-22-20-23-11-10-19(25-20)24-14-15-2-6-17(7-3-15)26-12-13-27-18-8-4-16(21)5-9-18/h2-11H,12-14H2,1H3,(H2,22,23,24,25). The zero-order valence-corrected chi connectivity index (χ0v) is 15.7. The molecule has 2 N–H and O–H groups in total. The molecule has 0 aliphatic heterocycles. The van der Waals surface area contributed by atoms with Gasteiger partial charge in [0.15, 0.2) is 0 Å². The third-order valence-corrected chi connectivity index (χ3v) is 3.96. The van der Waals surface area contributed by atoms with Gasteiger partial charge >= 0.3 is 0 Å². The molecular weight excluding hydrogens is 364 g/mol. The quantitative estimate of drug-likeness (QED) is 0.538. The molecule has 3 rings (SSSR count). The van der Waals surface area contributed by atoms with Gasteiger partial charge in [0.25, 0.3) is 0 Å². The fourth-order valence-corrected chi connectivity index (χ4v) is 2.45. The van der Waals surface area contributed by atoms with Gasteiger partial charge in [-0.3, -0.25) is 0 Å². The fraction of sp³-hybridized carbons (Fsp3) is 0.200. The molecule has 0 fully saturated rings. The van der Waals surface area contributed by atoms with Crippen LogP contribution in [0.1, 0.15) is 5.56 Å². The summed E-state index contributed by atoms with van der Waals surface area (Å²) in [5, 5.41) is 6.87. The lowest BCUT2D eigenvalue weighted by atomic mass is 10.2. The van der Waals surface area contributed by atoms with Gasteiger partial charge in [0.05, 0.1) is 0 Å². The predicted octanol–water partition coefficient (Wildman–Crippen LogP) is 4.24. The van der Waals surface area contributed by atoms with Crippen molar-refractivity contribution in [2.45, 2.75) is 6.54 Å². The average molecular weight is 385 g/mol. The van der Waals surface area contributed by atoms with Gasteiger partial charge in [-0.1, -0.05) is 23.7 Å². The van der Waals surface area contributed by atoms with Crippen molar-refractivity contribution >= 4 is 23.4 Å². The molecule has 0 amide bonds. The van der Waals surface area contributed by atoms with Gasteiger partial charge in [0.1, 0.15) is 30.5 Å². The van der Waals surface area contributed by atoms with Crippen LogP contribution in [-0.2, 0) is 6.54 Å². The Balaban J connectivity index is 1.41. The third-order valence-electron chi connectivity index (χ3n) is 3.71. The number of ether oxygens (including phenoxy) is 2.